The smallest absolute Gasteiger partial charge is 0.0568 e. The summed E-state index contributed by atoms with van der Waals surface area (Å²) in [6.07, 6.45) is 8.86. The third-order valence-corrected chi connectivity index (χ3v) is 2.61. The molecule has 1 fully saturated rings. The summed E-state index contributed by atoms with van der Waals surface area (Å²) in [5.41, 5.74) is 0. The van der Waals surface area contributed by atoms with Crippen molar-refractivity contribution in [3.8, 4) is 0 Å². The topological polar surface area (TPSA) is 20.2 Å². The van der Waals surface area contributed by atoms with Crippen LogP contribution < -0.4 is 0 Å². The highest BCUT2D eigenvalue weighted by Crippen LogP contribution is 2.27. The van der Waals surface area contributed by atoms with E-state index in [-0.39, 0.29) is 6.10 Å². The molecule has 0 saturated heterocycles. The van der Waals surface area contributed by atoms with Crippen molar-refractivity contribution < 1.29 is 5.11 Å². The summed E-state index contributed by atoms with van der Waals surface area (Å²) in [5.74, 6) is 0.557. The van der Waals surface area contributed by atoms with E-state index < -0.39 is 0 Å². The van der Waals surface area contributed by atoms with Gasteiger partial charge in [-0.3, -0.25) is 0 Å². The van der Waals surface area contributed by atoms with Gasteiger partial charge in [0.25, 0.3) is 0 Å². The van der Waals surface area contributed by atoms with Gasteiger partial charge in [0, 0.05) is 0 Å². The third-order valence-electron chi connectivity index (χ3n) is 2.61. The Bertz CT molecular complexity index is 120. The molecule has 11 heavy (non-hydrogen) atoms. The molecular weight excluding hydrogens is 136 g/mol. The Morgan fingerprint density at radius 3 is 2.73 bits per heavy atom. The molecule has 0 amide bonds. The van der Waals surface area contributed by atoms with Gasteiger partial charge < -0.3 is 5.11 Å². The van der Waals surface area contributed by atoms with Crippen molar-refractivity contribution in [3.63, 3.8) is 0 Å². The van der Waals surface area contributed by atoms with Gasteiger partial charge in [0.2, 0.25) is 0 Å². The third kappa shape index (κ3) is 2.66. The van der Waals surface area contributed by atoms with Gasteiger partial charge in [0.05, 0.1) is 6.10 Å². The van der Waals surface area contributed by atoms with Crippen molar-refractivity contribution in [3.05, 3.63) is 12.7 Å². The zero-order valence-corrected chi connectivity index (χ0v) is 7.13. The van der Waals surface area contributed by atoms with Crippen LogP contribution in [-0.4, -0.2) is 11.2 Å². The largest absolute Gasteiger partial charge is 0.393 e. The van der Waals surface area contributed by atoms with Gasteiger partial charge in [-0.25, -0.2) is 0 Å². The molecule has 0 bridgehead atoms. The van der Waals surface area contributed by atoms with Crippen molar-refractivity contribution >= 4 is 0 Å². The van der Waals surface area contributed by atoms with E-state index >= 15 is 0 Å². The summed E-state index contributed by atoms with van der Waals surface area (Å²) < 4.78 is 0. The standard InChI is InChI=1S/C10H18O/c1-2-3-6-9-7-4-5-8-10(9)11/h2,9-11H,1,3-8H2/t9-,10-/m1/s1. The molecule has 1 saturated carbocycles. The fourth-order valence-corrected chi connectivity index (χ4v) is 1.86. The lowest BCUT2D eigenvalue weighted by Gasteiger charge is -2.26. The first kappa shape index (κ1) is 8.79. The maximum Gasteiger partial charge on any atom is 0.0568 e. The van der Waals surface area contributed by atoms with E-state index in [1.54, 1.807) is 0 Å². The number of hydrogen-bond acceptors (Lipinski definition) is 1. The molecule has 1 rings (SSSR count). The molecule has 0 heterocycles. The Kier molecular flexibility index (Phi) is 3.64. The summed E-state index contributed by atoms with van der Waals surface area (Å²) in [7, 11) is 0. The van der Waals surface area contributed by atoms with Crippen LogP contribution in [0.3, 0.4) is 0 Å². The normalized spacial score (nSPS) is 31.7. The average molecular weight is 154 g/mol. The molecule has 1 N–H and O–H groups in total. The van der Waals surface area contributed by atoms with Crippen LogP contribution >= 0.6 is 0 Å². The summed E-state index contributed by atoms with van der Waals surface area (Å²) in [4.78, 5) is 0. The molecule has 1 heteroatoms. The lowest BCUT2D eigenvalue weighted by molar-refractivity contribution is 0.0659. The van der Waals surface area contributed by atoms with E-state index in [0.29, 0.717) is 5.92 Å². The molecule has 0 aromatic carbocycles. The van der Waals surface area contributed by atoms with Crippen LogP contribution in [0.2, 0.25) is 0 Å². The quantitative estimate of drug-likeness (QED) is 0.619. The van der Waals surface area contributed by atoms with Crippen LogP contribution in [0.4, 0.5) is 0 Å². The molecular formula is C10H18O. The molecule has 64 valence electrons. The minimum atomic E-state index is -0.0244. The molecule has 1 nitrogen and oxygen atoms in total. The lowest BCUT2D eigenvalue weighted by Crippen LogP contribution is -2.23. The molecule has 0 aliphatic heterocycles. The number of aliphatic hydroxyl groups excluding tert-OH is 1. The zero-order chi connectivity index (χ0) is 8.10. The van der Waals surface area contributed by atoms with Crippen molar-refractivity contribution in [1.29, 1.82) is 0 Å². The highest BCUT2D eigenvalue weighted by atomic mass is 16.3. The molecule has 1 aliphatic carbocycles. The second-order valence-electron chi connectivity index (χ2n) is 3.48. The fourth-order valence-electron chi connectivity index (χ4n) is 1.86. The summed E-state index contributed by atoms with van der Waals surface area (Å²) in [6.45, 7) is 3.69. The van der Waals surface area contributed by atoms with Crippen molar-refractivity contribution in [2.45, 2.75) is 44.6 Å². The molecule has 1 aliphatic rings. The summed E-state index contributed by atoms with van der Waals surface area (Å²) in [5, 5.41) is 9.56. The monoisotopic (exact) mass is 154 g/mol. The molecule has 0 aromatic heterocycles. The second kappa shape index (κ2) is 4.55. The number of rotatable bonds is 3. The first-order chi connectivity index (χ1) is 5.34. The Balaban J connectivity index is 2.23. The fraction of sp³-hybridized carbons (Fsp3) is 0.800. The second-order valence-corrected chi connectivity index (χ2v) is 3.48. The predicted molar refractivity (Wildman–Crippen MR) is 47.4 cm³/mol. The van der Waals surface area contributed by atoms with Crippen molar-refractivity contribution in [1.82, 2.24) is 0 Å². The van der Waals surface area contributed by atoms with Gasteiger partial charge in [0.15, 0.2) is 0 Å². The van der Waals surface area contributed by atoms with E-state index in [0.717, 1.165) is 19.3 Å². The molecule has 2 atom stereocenters. The average Bonchev–Trinajstić information content (AvgIpc) is 2.03. The summed E-state index contributed by atoms with van der Waals surface area (Å²) in [6, 6.07) is 0. The first-order valence-corrected chi connectivity index (χ1v) is 4.63. The Morgan fingerprint density at radius 1 is 1.36 bits per heavy atom. The van der Waals surface area contributed by atoms with Crippen LogP contribution in [-0.2, 0) is 0 Å². The highest BCUT2D eigenvalue weighted by Gasteiger charge is 2.21. The highest BCUT2D eigenvalue weighted by molar-refractivity contribution is 4.77. The number of allylic oxidation sites excluding steroid dienone is 1. The Hall–Kier alpha value is -0.300. The molecule has 0 unspecified atom stereocenters. The van der Waals surface area contributed by atoms with Gasteiger partial charge in [-0.05, 0) is 31.6 Å². The van der Waals surface area contributed by atoms with Crippen LogP contribution in [0, 0.1) is 5.92 Å². The minimum Gasteiger partial charge on any atom is -0.393 e. The van der Waals surface area contributed by atoms with Crippen LogP contribution in [0.5, 0.6) is 0 Å². The first-order valence-electron chi connectivity index (χ1n) is 4.63. The minimum absolute atomic E-state index is 0.0244. The molecule has 0 radical (unpaired) electrons. The number of hydrogen-bond donors (Lipinski definition) is 1. The predicted octanol–water partition coefficient (Wildman–Crippen LogP) is 2.50. The Labute approximate surface area is 69.1 Å². The number of aliphatic hydroxyl groups is 1. The van der Waals surface area contributed by atoms with Gasteiger partial charge in [-0.2, -0.15) is 0 Å². The van der Waals surface area contributed by atoms with Crippen molar-refractivity contribution in [2.24, 2.45) is 5.92 Å². The van der Waals surface area contributed by atoms with E-state index in [1.165, 1.54) is 19.3 Å². The molecule has 0 spiro atoms. The van der Waals surface area contributed by atoms with Gasteiger partial charge >= 0.3 is 0 Å². The van der Waals surface area contributed by atoms with E-state index in [9.17, 15) is 5.11 Å². The van der Waals surface area contributed by atoms with Crippen LogP contribution in [0.1, 0.15) is 38.5 Å². The molecule has 0 aromatic rings. The van der Waals surface area contributed by atoms with E-state index in [4.69, 9.17) is 0 Å². The van der Waals surface area contributed by atoms with Gasteiger partial charge in [-0.1, -0.05) is 18.9 Å². The van der Waals surface area contributed by atoms with Crippen LogP contribution in [0.15, 0.2) is 12.7 Å². The maximum absolute atomic E-state index is 9.56. The lowest BCUT2D eigenvalue weighted by atomic mass is 9.84. The summed E-state index contributed by atoms with van der Waals surface area (Å²) >= 11 is 0. The van der Waals surface area contributed by atoms with Crippen molar-refractivity contribution in [2.75, 3.05) is 0 Å². The van der Waals surface area contributed by atoms with E-state index in [2.05, 4.69) is 6.58 Å². The van der Waals surface area contributed by atoms with E-state index in [1.807, 2.05) is 6.08 Å². The zero-order valence-electron chi connectivity index (χ0n) is 7.13. The van der Waals surface area contributed by atoms with Gasteiger partial charge in [-0.15, -0.1) is 6.58 Å². The SMILES string of the molecule is C=CCC[C@@H]1CCCC[C@H]1O. The van der Waals surface area contributed by atoms with Gasteiger partial charge in [0.1, 0.15) is 0 Å². The Morgan fingerprint density at radius 2 is 2.09 bits per heavy atom. The maximum atomic E-state index is 9.56. The van der Waals surface area contributed by atoms with Crippen LogP contribution in [0.25, 0.3) is 0 Å².